The summed E-state index contributed by atoms with van der Waals surface area (Å²) in [7, 11) is 0. The quantitative estimate of drug-likeness (QED) is 0.578. The fraction of sp³-hybridized carbons (Fsp3) is 0.190. The summed E-state index contributed by atoms with van der Waals surface area (Å²) in [5.41, 5.74) is 5.86. The van der Waals surface area contributed by atoms with Crippen molar-refractivity contribution in [1.29, 1.82) is 0 Å². The lowest BCUT2D eigenvalue weighted by atomic mass is 10.1. The number of hydrogen-bond donors (Lipinski definition) is 3. The highest BCUT2D eigenvalue weighted by molar-refractivity contribution is 6.19. The summed E-state index contributed by atoms with van der Waals surface area (Å²) >= 11 is 5.61. The molecule has 0 saturated carbocycles. The molecule has 6 nitrogen and oxygen atoms in total. The monoisotopic (exact) mass is 394 g/mol. The fourth-order valence-electron chi connectivity index (χ4n) is 3.27. The average molecular weight is 395 g/mol. The average Bonchev–Trinajstić information content (AvgIpc) is 3.14. The van der Waals surface area contributed by atoms with Gasteiger partial charge >= 0.3 is 0 Å². The van der Waals surface area contributed by atoms with Crippen molar-refractivity contribution in [3.8, 4) is 22.5 Å². The zero-order valence-corrected chi connectivity index (χ0v) is 15.8. The van der Waals surface area contributed by atoms with Crippen LogP contribution in [0.15, 0.2) is 48.7 Å². The van der Waals surface area contributed by atoms with Gasteiger partial charge in [0.2, 0.25) is 5.91 Å². The second-order valence-electron chi connectivity index (χ2n) is 6.58. The van der Waals surface area contributed by atoms with Crippen LogP contribution in [0.3, 0.4) is 0 Å². The third-order valence-electron chi connectivity index (χ3n) is 4.64. The van der Waals surface area contributed by atoms with Gasteiger partial charge in [-0.3, -0.25) is 14.6 Å². The molecule has 0 unspecified atom stereocenters. The number of carbonyl (C=O) groups is 2. The predicted octanol–water partition coefficient (Wildman–Crippen LogP) is 3.60. The number of benzene rings is 1. The van der Waals surface area contributed by atoms with E-state index >= 15 is 0 Å². The van der Waals surface area contributed by atoms with Crippen molar-refractivity contribution in [2.24, 2.45) is 0 Å². The van der Waals surface area contributed by atoms with Crippen LogP contribution < -0.4 is 10.6 Å². The molecule has 2 aromatic heterocycles. The van der Waals surface area contributed by atoms with Crippen molar-refractivity contribution in [2.45, 2.75) is 12.8 Å². The highest BCUT2D eigenvalue weighted by Crippen LogP contribution is 2.28. The van der Waals surface area contributed by atoms with Gasteiger partial charge in [-0.2, -0.15) is 0 Å². The molecule has 0 aliphatic carbocycles. The maximum Gasteiger partial charge on any atom is 0.253 e. The van der Waals surface area contributed by atoms with Gasteiger partial charge in [0, 0.05) is 59.7 Å². The fourth-order valence-corrected chi connectivity index (χ4v) is 3.44. The highest BCUT2D eigenvalue weighted by Gasteiger charge is 2.20. The lowest BCUT2D eigenvalue weighted by Gasteiger charge is -2.11. The minimum Gasteiger partial charge on any atom is -0.358 e. The number of halogens is 1. The first-order chi connectivity index (χ1) is 13.6. The molecule has 4 rings (SSSR count). The predicted molar refractivity (Wildman–Crippen MR) is 109 cm³/mol. The minimum atomic E-state index is -0.121. The lowest BCUT2D eigenvalue weighted by molar-refractivity contribution is -0.115. The molecule has 0 atom stereocenters. The van der Waals surface area contributed by atoms with E-state index in [1.54, 1.807) is 6.20 Å². The number of anilines is 1. The molecule has 0 radical (unpaired) electrons. The number of alkyl halides is 1. The normalized spacial score (nSPS) is 13.0. The van der Waals surface area contributed by atoms with Crippen LogP contribution in [0.2, 0.25) is 0 Å². The van der Waals surface area contributed by atoms with Gasteiger partial charge in [0.1, 0.15) is 0 Å². The van der Waals surface area contributed by atoms with Gasteiger partial charge in [-0.05, 0) is 30.3 Å². The molecule has 1 aliphatic rings. The Labute approximate surface area is 167 Å². The molecular weight excluding hydrogens is 376 g/mol. The zero-order valence-electron chi connectivity index (χ0n) is 15.1. The molecule has 7 heteroatoms. The molecule has 3 N–H and O–H groups in total. The standard InChI is InChI=1S/C21H19ClN4O2/c22-7-4-20(27)25-15-3-1-2-13(10-15)18-11-14(5-8-23-18)19-12-16-17(26-19)6-9-24-21(16)28/h1-3,5,8,10-12,26H,4,6-7,9H2,(H,24,28)(H,25,27). The Hall–Kier alpha value is -3.12. The molecule has 2 amide bonds. The molecule has 142 valence electrons. The van der Waals surface area contributed by atoms with E-state index in [0.717, 1.165) is 34.6 Å². The summed E-state index contributed by atoms with van der Waals surface area (Å²) < 4.78 is 0. The lowest BCUT2D eigenvalue weighted by Crippen LogP contribution is -2.31. The summed E-state index contributed by atoms with van der Waals surface area (Å²) in [5, 5.41) is 5.69. The van der Waals surface area contributed by atoms with Crippen LogP contribution in [0.25, 0.3) is 22.5 Å². The number of pyridine rings is 1. The van der Waals surface area contributed by atoms with E-state index in [9.17, 15) is 9.59 Å². The molecule has 1 aliphatic heterocycles. The Bertz CT molecular complexity index is 1040. The number of aromatic nitrogens is 2. The number of H-pyrrole nitrogens is 1. The second-order valence-corrected chi connectivity index (χ2v) is 6.96. The number of amides is 2. The van der Waals surface area contributed by atoms with E-state index in [-0.39, 0.29) is 24.1 Å². The molecular formula is C21H19ClN4O2. The number of aromatic amines is 1. The van der Waals surface area contributed by atoms with Crippen LogP contribution in [0.1, 0.15) is 22.5 Å². The van der Waals surface area contributed by atoms with Gasteiger partial charge in [0.15, 0.2) is 0 Å². The first-order valence-electron chi connectivity index (χ1n) is 9.07. The van der Waals surface area contributed by atoms with Gasteiger partial charge in [-0.25, -0.2) is 0 Å². The van der Waals surface area contributed by atoms with Crippen molar-refractivity contribution < 1.29 is 9.59 Å². The Morgan fingerprint density at radius 2 is 2.07 bits per heavy atom. The van der Waals surface area contributed by atoms with Crippen molar-refractivity contribution in [3.63, 3.8) is 0 Å². The summed E-state index contributed by atoms with van der Waals surface area (Å²) in [6.45, 7) is 0.648. The topological polar surface area (TPSA) is 86.9 Å². The van der Waals surface area contributed by atoms with Crippen LogP contribution in [0.4, 0.5) is 5.69 Å². The number of nitrogens with one attached hydrogen (secondary N) is 3. The van der Waals surface area contributed by atoms with Crippen molar-refractivity contribution in [3.05, 3.63) is 59.9 Å². The second kappa shape index (κ2) is 7.86. The smallest absolute Gasteiger partial charge is 0.253 e. The third kappa shape index (κ3) is 3.77. The van der Waals surface area contributed by atoms with Crippen molar-refractivity contribution >= 4 is 29.1 Å². The molecule has 3 aromatic rings. The van der Waals surface area contributed by atoms with Crippen LogP contribution in [-0.2, 0) is 11.2 Å². The summed E-state index contributed by atoms with van der Waals surface area (Å²) in [4.78, 5) is 31.6. The van der Waals surface area contributed by atoms with Crippen LogP contribution >= 0.6 is 11.6 Å². The van der Waals surface area contributed by atoms with E-state index in [1.165, 1.54) is 0 Å². The Balaban J connectivity index is 1.63. The van der Waals surface area contributed by atoms with Gasteiger partial charge in [0.25, 0.3) is 5.91 Å². The number of carbonyl (C=O) groups excluding carboxylic acids is 2. The molecule has 0 bridgehead atoms. The molecule has 0 fully saturated rings. The van der Waals surface area contributed by atoms with Crippen LogP contribution in [0, 0.1) is 0 Å². The van der Waals surface area contributed by atoms with E-state index in [4.69, 9.17) is 11.6 Å². The maximum absolute atomic E-state index is 12.0. The van der Waals surface area contributed by atoms with Crippen molar-refractivity contribution in [2.75, 3.05) is 17.7 Å². The summed E-state index contributed by atoms with van der Waals surface area (Å²) in [5.74, 6) is 0.121. The van der Waals surface area contributed by atoms with Gasteiger partial charge in [0.05, 0.1) is 11.3 Å². The maximum atomic E-state index is 12.0. The zero-order chi connectivity index (χ0) is 19.5. The van der Waals surface area contributed by atoms with Gasteiger partial charge < -0.3 is 15.6 Å². The van der Waals surface area contributed by atoms with Crippen molar-refractivity contribution in [1.82, 2.24) is 15.3 Å². The van der Waals surface area contributed by atoms with E-state index in [0.29, 0.717) is 17.8 Å². The number of nitrogens with zero attached hydrogens (tertiary/aromatic N) is 1. The SMILES string of the molecule is O=C(CCCl)Nc1cccc(-c2cc(-c3cc4c([nH]3)CCNC4=O)ccn2)c1. The molecule has 3 heterocycles. The van der Waals surface area contributed by atoms with Gasteiger partial charge in [-0.15, -0.1) is 11.6 Å². The Morgan fingerprint density at radius 3 is 2.89 bits per heavy atom. The number of fused-ring (bicyclic) bond motifs is 1. The third-order valence-corrected chi connectivity index (χ3v) is 4.83. The highest BCUT2D eigenvalue weighted by atomic mass is 35.5. The number of rotatable bonds is 5. The largest absolute Gasteiger partial charge is 0.358 e. The molecule has 0 spiro atoms. The van der Waals surface area contributed by atoms with E-state index in [1.807, 2.05) is 42.5 Å². The first kappa shape index (κ1) is 18.3. The van der Waals surface area contributed by atoms with Crippen LogP contribution in [0.5, 0.6) is 0 Å². The Morgan fingerprint density at radius 1 is 1.18 bits per heavy atom. The number of hydrogen-bond acceptors (Lipinski definition) is 3. The molecule has 28 heavy (non-hydrogen) atoms. The minimum absolute atomic E-state index is 0.0431. The van der Waals surface area contributed by atoms with Gasteiger partial charge in [-0.1, -0.05) is 12.1 Å². The first-order valence-corrected chi connectivity index (χ1v) is 9.60. The summed E-state index contributed by atoms with van der Waals surface area (Å²) in [6, 6.07) is 13.3. The summed E-state index contributed by atoms with van der Waals surface area (Å²) in [6.07, 6.45) is 2.80. The van der Waals surface area contributed by atoms with Crippen LogP contribution in [-0.4, -0.2) is 34.2 Å². The van der Waals surface area contributed by atoms with E-state index in [2.05, 4.69) is 20.6 Å². The molecule has 0 saturated heterocycles. The van der Waals surface area contributed by atoms with E-state index < -0.39 is 0 Å². The Kier molecular flexibility index (Phi) is 5.12. The molecule has 1 aromatic carbocycles.